The topological polar surface area (TPSA) is 92.8 Å². The minimum Gasteiger partial charge on any atom is -0.452 e. The summed E-state index contributed by atoms with van der Waals surface area (Å²) in [7, 11) is -2.42. The van der Waals surface area contributed by atoms with Gasteiger partial charge in [0.25, 0.3) is 5.91 Å². The molecule has 1 atom stereocenters. The first-order chi connectivity index (χ1) is 13.2. The van der Waals surface area contributed by atoms with Gasteiger partial charge in [0, 0.05) is 13.6 Å². The van der Waals surface area contributed by atoms with Crippen molar-refractivity contribution >= 4 is 21.9 Å². The lowest BCUT2D eigenvalue weighted by Crippen LogP contribution is -2.39. The lowest BCUT2D eigenvalue weighted by atomic mass is 10.2. The van der Waals surface area contributed by atoms with Gasteiger partial charge in [0.05, 0.1) is 4.90 Å². The fraction of sp³-hybridized carbons (Fsp3) is 0.263. The average molecular weight is 408 g/mol. The zero-order chi connectivity index (χ0) is 20.7. The van der Waals surface area contributed by atoms with Gasteiger partial charge in [0.15, 0.2) is 6.10 Å². The van der Waals surface area contributed by atoms with Gasteiger partial charge in [-0.2, -0.15) is 4.72 Å². The van der Waals surface area contributed by atoms with Gasteiger partial charge < -0.3 is 9.64 Å². The van der Waals surface area contributed by atoms with Gasteiger partial charge in [-0.3, -0.25) is 9.59 Å². The van der Waals surface area contributed by atoms with Crippen molar-refractivity contribution in [1.82, 2.24) is 9.62 Å². The van der Waals surface area contributed by atoms with Gasteiger partial charge in [-0.05, 0) is 36.8 Å². The smallest absolute Gasteiger partial charge is 0.321 e. The predicted molar refractivity (Wildman–Crippen MR) is 100 cm³/mol. The maximum absolute atomic E-state index is 12.9. The highest BCUT2D eigenvalue weighted by Crippen LogP contribution is 2.10. The molecule has 0 heterocycles. The number of amides is 1. The summed E-state index contributed by atoms with van der Waals surface area (Å²) in [5.74, 6) is -1.90. The summed E-state index contributed by atoms with van der Waals surface area (Å²) in [6, 6.07) is 13.4. The average Bonchev–Trinajstić information content (AvgIpc) is 2.67. The molecule has 0 unspecified atom stereocenters. The Morgan fingerprint density at radius 2 is 1.71 bits per heavy atom. The molecule has 0 bridgehead atoms. The molecule has 0 spiro atoms. The molecule has 0 aromatic heterocycles. The zero-order valence-electron chi connectivity index (χ0n) is 15.5. The predicted octanol–water partition coefficient (Wildman–Crippen LogP) is 1.69. The molecule has 0 saturated heterocycles. The number of sulfonamides is 1. The number of benzene rings is 2. The van der Waals surface area contributed by atoms with Gasteiger partial charge in [-0.25, -0.2) is 12.8 Å². The van der Waals surface area contributed by atoms with Gasteiger partial charge in [-0.15, -0.1) is 0 Å². The number of hydrogen-bond acceptors (Lipinski definition) is 5. The van der Waals surface area contributed by atoms with Gasteiger partial charge in [0.1, 0.15) is 12.4 Å². The molecule has 2 aromatic rings. The number of ether oxygens (including phenoxy) is 1. The van der Waals surface area contributed by atoms with Crippen molar-refractivity contribution in [1.29, 1.82) is 0 Å². The third kappa shape index (κ3) is 6.14. The molecule has 1 N–H and O–H groups in total. The van der Waals surface area contributed by atoms with E-state index in [0.717, 1.165) is 29.8 Å². The van der Waals surface area contributed by atoms with E-state index in [1.165, 1.54) is 11.8 Å². The molecule has 150 valence electrons. The van der Waals surface area contributed by atoms with Crippen LogP contribution in [-0.2, 0) is 30.9 Å². The number of likely N-dealkylation sites (N-methyl/N-ethyl adjacent to an activating group) is 1. The highest BCUT2D eigenvalue weighted by atomic mass is 32.2. The van der Waals surface area contributed by atoms with Gasteiger partial charge in [-0.1, -0.05) is 30.3 Å². The number of esters is 1. The van der Waals surface area contributed by atoms with Crippen LogP contribution in [0.4, 0.5) is 4.39 Å². The van der Waals surface area contributed by atoms with E-state index in [2.05, 4.69) is 4.72 Å². The monoisotopic (exact) mass is 408 g/mol. The summed E-state index contributed by atoms with van der Waals surface area (Å²) in [6.45, 7) is 1.11. The van der Waals surface area contributed by atoms with Crippen LogP contribution >= 0.6 is 0 Å². The minimum absolute atomic E-state index is 0.187. The van der Waals surface area contributed by atoms with Crippen molar-refractivity contribution in [2.45, 2.75) is 24.5 Å². The fourth-order valence-electron chi connectivity index (χ4n) is 2.39. The van der Waals surface area contributed by atoms with Gasteiger partial charge >= 0.3 is 5.97 Å². The van der Waals surface area contributed by atoms with E-state index < -0.39 is 40.4 Å². The first-order valence-electron chi connectivity index (χ1n) is 8.42. The molecule has 0 aliphatic carbocycles. The van der Waals surface area contributed by atoms with E-state index in [0.29, 0.717) is 6.54 Å². The molecule has 0 aliphatic rings. The Morgan fingerprint density at radius 3 is 2.32 bits per heavy atom. The number of halogens is 1. The quantitative estimate of drug-likeness (QED) is 0.671. The van der Waals surface area contributed by atoms with Crippen molar-refractivity contribution in [2.75, 3.05) is 13.6 Å². The normalized spacial score (nSPS) is 12.2. The third-order valence-corrected chi connectivity index (χ3v) is 5.24. The van der Waals surface area contributed by atoms with E-state index in [9.17, 15) is 22.4 Å². The molecular weight excluding hydrogens is 387 g/mol. The van der Waals surface area contributed by atoms with E-state index in [4.69, 9.17) is 4.74 Å². The third-order valence-electron chi connectivity index (χ3n) is 3.83. The summed E-state index contributed by atoms with van der Waals surface area (Å²) in [5.41, 5.74) is 0.920. The van der Waals surface area contributed by atoms with Crippen LogP contribution in [-0.4, -0.2) is 44.9 Å². The summed E-state index contributed by atoms with van der Waals surface area (Å²) < 4.78 is 44.1. The number of hydrogen-bond donors (Lipinski definition) is 1. The standard InChI is InChI=1S/C19H21FN2O5S/c1-14(19(24)22(2)13-15-6-4-3-5-7-15)27-18(23)12-21-28(25,26)17-10-8-16(20)9-11-17/h3-11,14,21H,12-13H2,1-2H3/t14-/m1/s1. The number of rotatable bonds is 8. The molecule has 0 saturated carbocycles. The summed E-state index contributed by atoms with van der Waals surface area (Å²) in [4.78, 5) is 25.4. The van der Waals surface area contributed by atoms with Crippen LogP contribution < -0.4 is 4.72 Å². The van der Waals surface area contributed by atoms with Crippen molar-refractivity contribution < 1.29 is 27.1 Å². The zero-order valence-corrected chi connectivity index (χ0v) is 16.3. The largest absolute Gasteiger partial charge is 0.452 e. The lowest BCUT2D eigenvalue weighted by Gasteiger charge is -2.21. The molecule has 0 radical (unpaired) electrons. The number of nitrogens with one attached hydrogen (secondary N) is 1. The second-order valence-corrected chi connectivity index (χ2v) is 7.86. The Balaban J connectivity index is 1.86. The van der Waals surface area contributed by atoms with Crippen LogP contribution in [0.2, 0.25) is 0 Å². The maximum Gasteiger partial charge on any atom is 0.321 e. The first kappa shape index (κ1) is 21.5. The van der Waals surface area contributed by atoms with Crippen molar-refractivity contribution in [3.05, 3.63) is 66.0 Å². The second-order valence-electron chi connectivity index (χ2n) is 6.09. The maximum atomic E-state index is 12.9. The minimum atomic E-state index is -4.00. The summed E-state index contributed by atoms with van der Waals surface area (Å²) in [6.07, 6.45) is -1.07. The number of carbonyl (C=O) groups excluding carboxylic acids is 2. The molecule has 0 aliphatic heterocycles. The van der Waals surface area contributed by atoms with Crippen LogP contribution in [0, 0.1) is 5.82 Å². The summed E-state index contributed by atoms with van der Waals surface area (Å²) in [5, 5.41) is 0. The van der Waals surface area contributed by atoms with Crippen molar-refractivity contribution in [2.24, 2.45) is 0 Å². The number of nitrogens with zero attached hydrogens (tertiary/aromatic N) is 1. The lowest BCUT2D eigenvalue weighted by molar-refractivity contribution is -0.157. The highest BCUT2D eigenvalue weighted by Gasteiger charge is 2.23. The Labute approximate surface area is 163 Å². The van der Waals surface area contributed by atoms with E-state index in [1.807, 2.05) is 30.3 Å². The van der Waals surface area contributed by atoms with Gasteiger partial charge in [0.2, 0.25) is 10.0 Å². The number of carbonyl (C=O) groups is 2. The second kappa shape index (κ2) is 9.43. The van der Waals surface area contributed by atoms with Crippen LogP contribution in [0.15, 0.2) is 59.5 Å². The molecule has 0 fully saturated rings. The molecule has 1 amide bonds. The van der Waals surface area contributed by atoms with E-state index in [1.54, 1.807) is 7.05 Å². The Hall–Kier alpha value is -2.78. The molecule has 28 heavy (non-hydrogen) atoms. The van der Waals surface area contributed by atoms with Crippen LogP contribution in [0.25, 0.3) is 0 Å². The van der Waals surface area contributed by atoms with Crippen LogP contribution in [0.1, 0.15) is 12.5 Å². The van der Waals surface area contributed by atoms with Crippen LogP contribution in [0.3, 0.4) is 0 Å². The first-order valence-corrected chi connectivity index (χ1v) is 9.91. The van der Waals surface area contributed by atoms with E-state index in [-0.39, 0.29) is 4.90 Å². The SMILES string of the molecule is C[C@@H](OC(=O)CNS(=O)(=O)c1ccc(F)cc1)C(=O)N(C)Cc1ccccc1. The molecule has 9 heteroatoms. The highest BCUT2D eigenvalue weighted by molar-refractivity contribution is 7.89. The Kier molecular flexibility index (Phi) is 7.24. The molecule has 7 nitrogen and oxygen atoms in total. The van der Waals surface area contributed by atoms with Crippen LogP contribution in [0.5, 0.6) is 0 Å². The van der Waals surface area contributed by atoms with E-state index >= 15 is 0 Å². The van der Waals surface area contributed by atoms with Crippen molar-refractivity contribution in [3.63, 3.8) is 0 Å². The Morgan fingerprint density at radius 1 is 1.11 bits per heavy atom. The molecular formula is C19H21FN2O5S. The van der Waals surface area contributed by atoms with Crippen molar-refractivity contribution in [3.8, 4) is 0 Å². The Bertz CT molecular complexity index is 917. The molecule has 2 rings (SSSR count). The molecule has 2 aromatic carbocycles. The fourth-order valence-corrected chi connectivity index (χ4v) is 3.35. The summed E-state index contributed by atoms with van der Waals surface area (Å²) >= 11 is 0.